The molecular weight excluding hydrogens is 508 g/mol. The van der Waals surface area contributed by atoms with E-state index in [1.54, 1.807) is 11.0 Å². The van der Waals surface area contributed by atoms with Gasteiger partial charge in [0.15, 0.2) is 0 Å². The highest BCUT2D eigenvalue weighted by molar-refractivity contribution is 8.18. The van der Waals surface area contributed by atoms with Gasteiger partial charge in [0.1, 0.15) is 18.9 Å². The lowest BCUT2D eigenvalue weighted by Crippen LogP contribution is -2.44. The molecule has 0 bridgehead atoms. The van der Waals surface area contributed by atoms with Crippen molar-refractivity contribution >= 4 is 45.7 Å². The molecule has 0 aliphatic carbocycles. The van der Waals surface area contributed by atoms with Gasteiger partial charge in [-0.15, -0.1) is 0 Å². The molecule has 4 aromatic carbocycles. The van der Waals surface area contributed by atoms with Crippen LogP contribution in [0, 0.1) is 0 Å². The summed E-state index contributed by atoms with van der Waals surface area (Å²) in [6, 6.07) is 29.9. The van der Waals surface area contributed by atoms with Crippen LogP contribution in [0.3, 0.4) is 0 Å². The van der Waals surface area contributed by atoms with Crippen LogP contribution in [0.2, 0.25) is 0 Å². The van der Waals surface area contributed by atoms with Gasteiger partial charge in [-0.1, -0.05) is 72.8 Å². The van der Waals surface area contributed by atoms with E-state index in [1.807, 2.05) is 54.6 Å². The van der Waals surface area contributed by atoms with Crippen LogP contribution in [0.1, 0.15) is 22.3 Å². The molecule has 6 nitrogen and oxygen atoms in total. The van der Waals surface area contributed by atoms with Gasteiger partial charge in [0.05, 0.1) is 4.91 Å². The summed E-state index contributed by atoms with van der Waals surface area (Å²) < 4.78 is 5.95. The van der Waals surface area contributed by atoms with Gasteiger partial charge in [-0.3, -0.25) is 19.3 Å². The summed E-state index contributed by atoms with van der Waals surface area (Å²) in [4.78, 5) is 41.6. The van der Waals surface area contributed by atoms with Crippen molar-refractivity contribution in [2.45, 2.75) is 19.6 Å². The third-order valence-electron chi connectivity index (χ3n) is 7.05. The number of carbonyl (C=O) groups excluding carboxylic acids is 3. The van der Waals surface area contributed by atoms with Crippen LogP contribution in [-0.2, 0) is 29.2 Å². The lowest BCUT2D eigenvalue weighted by atomic mass is 10.00. The van der Waals surface area contributed by atoms with E-state index >= 15 is 0 Å². The molecule has 1 saturated heterocycles. The van der Waals surface area contributed by atoms with E-state index in [-0.39, 0.29) is 12.5 Å². The zero-order valence-electron chi connectivity index (χ0n) is 21.2. The fraction of sp³-hybridized carbons (Fsp3) is 0.156. The van der Waals surface area contributed by atoms with Gasteiger partial charge in [0.2, 0.25) is 5.91 Å². The Bertz CT molecular complexity index is 1610. The highest BCUT2D eigenvalue weighted by Gasteiger charge is 2.37. The minimum atomic E-state index is -0.438. The second-order valence-electron chi connectivity index (χ2n) is 9.64. The summed E-state index contributed by atoms with van der Waals surface area (Å²) in [5.74, 6) is 0.0514. The first kappa shape index (κ1) is 24.9. The van der Waals surface area contributed by atoms with Crippen LogP contribution in [0.15, 0.2) is 95.9 Å². The summed E-state index contributed by atoms with van der Waals surface area (Å²) in [6.45, 7) is 1.28. The molecule has 0 saturated carbocycles. The predicted molar refractivity (Wildman–Crippen MR) is 153 cm³/mol. The monoisotopic (exact) mass is 534 g/mol. The van der Waals surface area contributed by atoms with Gasteiger partial charge in [-0.2, -0.15) is 0 Å². The Morgan fingerprint density at radius 2 is 1.62 bits per heavy atom. The molecule has 6 rings (SSSR count). The Labute approximate surface area is 230 Å². The van der Waals surface area contributed by atoms with Crippen molar-refractivity contribution in [3.8, 4) is 5.75 Å². The summed E-state index contributed by atoms with van der Waals surface area (Å²) in [7, 11) is 0. The average Bonchev–Trinajstić information content (AvgIpc) is 3.23. The summed E-state index contributed by atoms with van der Waals surface area (Å²) >= 11 is 0.863. The second kappa shape index (κ2) is 10.8. The van der Waals surface area contributed by atoms with Gasteiger partial charge in [-0.25, -0.2) is 0 Å². The quantitative estimate of drug-likeness (QED) is 0.282. The van der Waals surface area contributed by atoms with Crippen LogP contribution in [0.4, 0.5) is 4.79 Å². The fourth-order valence-electron chi connectivity index (χ4n) is 4.89. The van der Waals surface area contributed by atoms with Crippen molar-refractivity contribution in [1.82, 2.24) is 9.80 Å². The molecule has 0 unspecified atom stereocenters. The molecule has 39 heavy (non-hydrogen) atoms. The average molecular weight is 535 g/mol. The Balaban J connectivity index is 1.06. The molecular formula is C32H26N2O4S. The van der Waals surface area contributed by atoms with Crippen LogP contribution < -0.4 is 4.74 Å². The number of rotatable bonds is 6. The Morgan fingerprint density at radius 1 is 0.872 bits per heavy atom. The number of carbonyl (C=O) groups is 3. The molecule has 2 aliphatic rings. The number of amides is 3. The summed E-state index contributed by atoms with van der Waals surface area (Å²) in [5, 5.41) is 1.94. The zero-order valence-corrected chi connectivity index (χ0v) is 22.0. The number of hydrogen-bond donors (Lipinski definition) is 0. The van der Waals surface area contributed by atoms with Crippen molar-refractivity contribution in [1.29, 1.82) is 0 Å². The number of imide groups is 1. The van der Waals surface area contributed by atoms with Crippen molar-refractivity contribution in [2.24, 2.45) is 0 Å². The van der Waals surface area contributed by atoms with Gasteiger partial charge in [-0.05, 0) is 75.5 Å². The second-order valence-corrected chi connectivity index (χ2v) is 10.6. The maximum absolute atomic E-state index is 13.0. The molecule has 7 heteroatoms. The van der Waals surface area contributed by atoms with E-state index in [4.69, 9.17) is 4.74 Å². The largest absolute Gasteiger partial charge is 0.489 e. The van der Waals surface area contributed by atoms with Gasteiger partial charge < -0.3 is 9.64 Å². The standard InChI is InChI=1S/C32H26N2O4S/c35-30(33-16-15-25-6-2-4-8-27(25)19-33)20-34-31(36)29(39-32(34)37)18-22-10-13-28(14-11-22)38-21-23-9-12-24-5-1-3-7-26(24)17-23/h1-14,17-18H,15-16,19-21H2/b29-18-. The molecule has 0 spiro atoms. The molecule has 0 radical (unpaired) electrons. The maximum Gasteiger partial charge on any atom is 0.294 e. The molecule has 2 aliphatic heterocycles. The number of benzene rings is 4. The van der Waals surface area contributed by atoms with Crippen LogP contribution in [0.5, 0.6) is 5.75 Å². The lowest BCUT2D eigenvalue weighted by molar-refractivity contribution is -0.136. The highest BCUT2D eigenvalue weighted by Crippen LogP contribution is 2.33. The highest BCUT2D eigenvalue weighted by atomic mass is 32.2. The molecule has 0 aromatic heterocycles. The topological polar surface area (TPSA) is 66.9 Å². The molecule has 3 amide bonds. The van der Waals surface area contributed by atoms with Crippen LogP contribution in [-0.4, -0.2) is 39.9 Å². The Kier molecular flexibility index (Phi) is 6.90. The molecule has 0 atom stereocenters. The first-order chi connectivity index (χ1) is 19.0. The van der Waals surface area contributed by atoms with Crippen molar-refractivity contribution in [3.63, 3.8) is 0 Å². The smallest absolute Gasteiger partial charge is 0.294 e. The molecule has 1 fully saturated rings. The van der Waals surface area contributed by atoms with Gasteiger partial charge >= 0.3 is 0 Å². The number of fused-ring (bicyclic) bond motifs is 2. The molecule has 4 aromatic rings. The number of thioether (sulfide) groups is 1. The molecule has 2 heterocycles. The van der Waals surface area contributed by atoms with Crippen molar-refractivity contribution in [3.05, 3.63) is 118 Å². The third-order valence-corrected chi connectivity index (χ3v) is 7.95. The minimum Gasteiger partial charge on any atom is -0.489 e. The Morgan fingerprint density at radius 3 is 2.44 bits per heavy atom. The number of hydrogen-bond acceptors (Lipinski definition) is 5. The molecule has 0 N–H and O–H groups in total. The van der Waals surface area contributed by atoms with Crippen molar-refractivity contribution < 1.29 is 19.1 Å². The van der Waals surface area contributed by atoms with E-state index in [0.29, 0.717) is 30.4 Å². The first-order valence-electron chi connectivity index (χ1n) is 12.8. The third kappa shape index (κ3) is 5.45. The normalized spacial score (nSPS) is 16.2. The van der Waals surface area contributed by atoms with E-state index in [9.17, 15) is 14.4 Å². The van der Waals surface area contributed by atoms with Crippen molar-refractivity contribution in [2.75, 3.05) is 13.1 Å². The number of nitrogens with zero attached hydrogens (tertiary/aromatic N) is 2. The SMILES string of the molecule is O=C(CN1C(=O)S/C(=C\c2ccc(OCc3ccc4ccccc4c3)cc2)C1=O)N1CCc2ccccc2C1. The zero-order chi connectivity index (χ0) is 26.8. The Hall–Kier alpha value is -4.36. The number of ether oxygens (including phenoxy) is 1. The van der Waals surface area contributed by atoms with E-state index in [2.05, 4.69) is 36.4 Å². The fourth-order valence-corrected chi connectivity index (χ4v) is 5.73. The van der Waals surface area contributed by atoms with E-state index < -0.39 is 11.1 Å². The lowest BCUT2D eigenvalue weighted by Gasteiger charge is -2.29. The predicted octanol–water partition coefficient (Wildman–Crippen LogP) is 6.04. The maximum atomic E-state index is 13.0. The van der Waals surface area contributed by atoms with Crippen LogP contribution in [0.25, 0.3) is 16.8 Å². The summed E-state index contributed by atoms with van der Waals surface area (Å²) in [6.07, 6.45) is 2.45. The van der Waals surface area contributed by atoms with E-state index in [0.717, 1.165) is 39.8 Å². The summed E-state index contributed by atoms with van der Waals surface area (Å²) in [5.41, 5.74) is 4.20. The van der Waals surface area contributed by atoms with Gasteiger partial charge in [0.25, 0.3) is 11.1 Å². The first-order valence-corrected chi connectivity index (χ1v) is 13.7. The van der Waals surface area contributed by atoms with Gasteiger partial charge in [0, 0.05) is 13.1 Å². The molecule has 194 valence electrons. The van der Waals surface area contributed by atoms with E-state index in [1.165, 1.54) is 16.3 Å². The van der Waals surface area contributed by atoms with Crippen LogP contribution >= 0.6 is 11.8 Å². The minimum absolute atomic E-state index is 0.221.